The van der Waals surface area contributed by atoms with Gasteiger partial charge in [-0.25, -0.2) is 9.67 Å². The van der Waals surface area contributed by atoms with Gasteiger partial charge in [-0.05, 0) is 45.7 Å². The molecule has 2 aromatic rings. The van der Waals surface area contributed by atoms with E-state index in [-0.39, 0.29) is 5.95 Å². The van der Waals surface area contributed by atoms with Gasteiger partial charge in [0.25, 0.3) is 0 Å². The maximum atomic E-state index is 5.56. The molecule has 0 radical (unpaired) electrons. The summed E-state index contributed by atoms with van der Waals surface area (Å²) < 4.78 is 3.44. The van der Waals surface area contributed by atoms with Crippen molar-refractivity contribution in [2.45, 2.75) is 13.8 Å². The molecule has 0 spiro atoms. The summed E-state index contributed by atoms with van der Waals surface area (Å²) in [4.78, 5) is 8.05. The van der Waals surface area contributed by atoms with E-state index in [0.29, 0.717) is 5.82 Å². The minimum Gasteiger partial charge on any atom is -0.368 e. The average Bonchev–Trinajstić information content (AvgIpc) is 2.50. The first-order valence-electron chi connectivity index (χ1n) is 4.51. The van der Waals surface area contributed by atoms with Gasteiger partial charge in [0, 0.05) is 6.20 Å². The van der Waals surface area contributed by atoms with Gasteiger partial charge in [0.2, 0.25) is 5.95 Å². The highest BCUT2D eigenvalue weighted by Gasteiger charge is 2.14. The number of halogens is 2. The number of nitrogens with zero attached hydrogens (tertiary/aromatic N) is 4. The lowest BCUT2D eigenvalue weighted by atomic mass is 10.4. The predicted molar refractivity (Wildman–Crippen MR) is 68.4 cm³/mol. The minimum atomic E-state index is 0.224. The van der Waals surface area contributed by atoms with Crippen LogP contribution in [0.2, 0.25) is 0 Å². The van der Waals surface area contributed by atoms with Gasteiger partial charge in [-0.1, -0.05) is 0 Å². The summed E-state index contributed by atoms with van der Waals surface area (Å²) in [5.41, 5.74) is 7.44. The van der Waals surface area contributed by atoms with Crippen molar-refractivity contribution in [1.82, 2.24) is 19.7 Å². The maximum Gasteiger partial charge on any atom is 0.222 e. The summed E-state index contributed by atoms with van der Waals surface area (Å²) in [5, 5.41) is 4.38. The van der Waals surface area contributed by atoms with Gasteiger partial charge >= 0.3 is 0 Å². The Bertz CT molecular complexity index is 549. The summed E-state index contributed by atoms with van der Waals surface area (Å²) in [6.45, 7) is 3.88. The molecule has 0 aliphatic heterocycles. The SMILES string of the molecule is Cc1nn(-c2nc(N)ncc2Br)c(C)c1Br. The van der Waals surface area contributed by atoms with Gasteiger partial charge < -0.3 is 5.73 Å². The van der Waals surface area contributed by atoms with E-state index >= 15 is 0 Å². The maximum absolute atomic E-state index is 5.56. The van der Waals surface area contributed by atoms with Crippen LogP contribution in [0.15, 0.2) is 15.1 Å². The highest BCUT2D eigenvalue weighted by atomic mass is 79.9. The first-order chi connectivity index (χ1) is 7.50. The van der Waals surface area contributed by atoms with Crippen molar-refractivity contribution in [2.24, 2.45) is 0 Å². The van der Waals surface area contributed by atoms with Crippen molar-refractivity contribution >= 4 is 37.8 Å². The van der Waals surface area contributed by atoms with Crippen molar-refractivity contribution in [1.29, 1.82) is 0 Å². The second kappa shape index (κ2) is 4.14. The lowest BCUT2D eigenvalue weighted by molar-refractivity contribution is 0.798. The second-order valence-corrected chi connectivity index (χ2v) is 4.94. The van der Waals surface area contributed by atoms with E-state index in [0.717, 1.165) is 20.3 Å². The highest BCUT2D eigenvalue weighted by molar-refractivity contribution is 9.11. The monoisotopic (exact) mass is 345 g/mol. The molecular formula is C9H9Br2N5. The van der Waals surface area contributed by atoms with Crippen molar-refractivity contribution < 1.29 is 0 Å². The number of aromatic nitrogens is 4. The fourth-order valence-electron chi connectivity index (χ4n) is 1.35. The quantitative estimate of drug-likeness (QED) is 0.860. The zero-order chi connectivity index (χ0) is 11.9. The van der Waals surface area contributed by atoms with Crippen LogP contribution in [0.5, 0.6) is 0 Å². The van der Waals surface area contributed by atoms with Crippen LogP contribution in [0, 0.1) is 13.8 Å². The molecule has 16 heavy (non-hydrogen) atoms. The molecule has 0 aliphatic rings. The zero-order valence-corrected chi connectivity index (χ0v) is 11.9. The van der Waals surface area contributed by atoms with E-state index in [1.54, 1.807) is 10.9 Å². The van der Waals surface area contributed by atoms with Crippen molar-refractivity contribution in [3.05, 3.63) is 26.5 Å². The fraction of sp³-hybridized carbons (Fsp3) is 0.222. The Morgan fingerprint density at radius 1 is 1.31 bits per heavy atom. The smallest absolute Gasteiger partial charge is 0.222 e. The van der Waals surface area contributed by atoms with Crippen LogP contribution in [-0.4, -0.2) is 19.7 Å². The molecule has 0 saturated heterocycles. The molecule has 2 rings (SSSR count). The Morgan fingerprint density at radius 3 is 2.56 bits per heavy atom. The number of hydrogen-bond acceptors (Lipinski definition) is 4. The highest BCUT2D eigenvalue weighted by Crippen LogP contribution is 2.25. The summed E-state index contributed by atoms with van der Waals surface area (Å²) in [6, 6.07) is 0. The number of rotatable bonds is 1. The molecule has 0 fully saturated rings. The molecule has 84 valence electrons. The molecular weight excluding hydrogens is 338 g/mol. The minimum absolute atomic E-state index is 0.224. The molecule has 0 amide bonds. The van der Waals surface area contributed by atoms with Crippen molar-refractivity contribution in [2.75, 3.05) is 5.73 Å². The molecule has 0 aromatic carbocycles. The van der Waals surface area contributed by atoms with Gasteiger partial charge in [-0.3, -0.25) is 0 Å². The third-order valence-corrected chi connectivity index (χ3v) is 3.85. The van der Waals surface area contributed by atoms with Crippen LogP contribution in [-0.2, 0) is 0 Å². The Labute approximate surface area is 109 Å². The molecule has 2 N–H and O–H groups in total. The molecule has 0 aliphatic carbocycles. The number of aryl methyl sites for hydroxylation is 1. The van der Waals surface area contributed by atoms with E-state index in [1.807, 2.05) is 13.8 Å². The van der Waals surface area contributed by atoms with Gasteiger partial charge in [-0.15, -0.1) is 0 Å². The van der Waals surface area contributed by atoms with Crippen molar-refractivity contribution in [3.8, 4) is 5.82 Å². The average molecular weight is 347 g/mol. The molecule has 2 aromatic heterocycles. The van der Waals surface area contributed by atoms with Crippen LogP contribution >= 0.6 is 31.9 Å². The fourth-order valence-corrected chi connectivity index (χ4v) is 1.96. The third-order valence-electron chi connectivity index (χ3n) is 2.15. The van der Waals surface area contributed by atoms with Gasteiger partial charge in [0.15, 0.2) is 5.82 Å². The van der Waals surface area contributed by atoms with Crippen LogP contribution in [0.25, 0.3) is 5.82 Å². The molecule has 5 nitrogen and oxygen atoms in total. The molecule has 0 unspecified atom stereocenters. The van der Waals surface area contributed by atoms with E-state index in [2.05, 4.69) is 46.9 Å². The van der Waals surface area contributed by atoms with E-state index in [4.69, 9.17) is 5.73 Å². The van der Waals surface area contributed by atoms with Gasteiger partial charge in [0.1, 0.15) is 0 Å². The number of hydrogen-bond donors (Lipinski definition) is 1. The standard InChI is InChI=1S/C9H9Br2N5/c1-4-7(11)5(2)16(15-4)8-6(10)3-13-9(12)14-8/h3H,1-2H3,(H2,12,13,14). The topological polar surface area (TPSA) is 69.6 Å². The molecule has 2 heterocycles. The molecule has 0 bridgehead atoms. The number of nitrogen functional groups attached to an aromatic ring is 1. The molecule has 0 atom stereocenters. The number of anilines is 1. The first kappa shape index (κ1) is 11.5. The van der Waals surface area contributed by atoms with E-state index in [1.165, 1.54) is 0 Å². The first-order valence-corrected chi connectivity index (χ1v) is 6.09. The normalized spacial score (nSPS) is 10.8. The van der Waals surface area contributed by atoms with E-state index < -0.39 is 0 Å². The summed E-state index contributed by atoms with van der Waals surface area (Å²) in [5.74, 6) is 0.862. The lowest BCUT2D eigenvalue weighted by Gasteiger charge is -2.05. The Balaban J connectivity index is 2.67. The Morgan fingerprint density at radius 2 is 2.00 bits per heavy atom. The van der Waals surface area contributed by atoms with Crippen LogP contribution in [0.1, 0.15) is 11.4 Å². The summed E-state index contributed by atoms with van der Waals surface area (Å²) in [6.07, 6.45) is 1.61. The lowest BCUT2D eigenvalue weighted by Crippen LogP contribution is -2.06. The van der Waals surface area contributed by atoms with E-state index in [9.17, 15) is 0 Å². The Kier molecular flexibility index (Phi) is 2.98. The number of nitrogens with two attached hydrogens (primary N) is 1. The predicted octanol–water partition coefficient (Wildman–Crippen LogP) is 2.39. The summed E-state index contributed by atoms with van der Waals surface area (Å²) in [7, 11) is 0. The van der Waals surface area contributed by atoms with Crippen LogP contribution in [0.3, 0.4) is 0 Å². The van der Waals surface area contributed by atoms with Crippen LogP contribution in [0.4, 0.5) is 5.95 Å². The molecule has 7 heteroatoms. The molecule has 0 saturated carbocycles. The van der Waals surface area contributed by atoms with Crippen LogP contribution < -0.4 is 5.73 Å². The van der Waals surface area contributed by atoms with Gasteiger partial charge in [0.05, 0.1) is 20.3 Å². The third kappa shape index (κ3) is 1.84. The van der Waals surface area contributed by atoms with Crippen molar-refractivity contribution in [3.63, 3.8) is 0 Å². The van der Waals surface area contributed by atoms with Gasteiger partial charge in [-0.2, -0.15) is 10.1 Å². The largest absolute Gasteiger partial charge is 0.368 e. The summed E-state index contributed by atoms with van der Waals surface area (Å²) >= 11 is 6.85. The second-order valence-electron chi connectivity index (χ2n) is 3.30. The zero-order valence-electron chi connectivity index (χ0n) is 8.70. The Hall–Kier alpha value is -0.950.